The van der Waals surface area contributed by atoms with Gasteiger partial charge < -0.3 is 19.4 Å². The van der Waals surface area contributed by atoms with Gasteiger partial charge in [0.25, 0.3) is 0 Å². The molecule has 1 aromatic rings. The predicted molar refractivity (Wildman–Crippen MR) is 110 cm³/mol. The fourth-order valence-electron chi connectivity index (χ4n) is 2.76. The van der Waals surface area contributed by atoms with Crippen molar-refractivity contribution in [1.29, 1.82) is 0 Å². The lowest BCUT2D eigenvalue weighted by molar-refractivity contribution is -0.156. The van der Waals surface area contributed by atoms with E-state index >= 15 is 0 Å². The van der Waals surface area contributed by atoms with Gasteiger partial charge in [-0.3, -0.25) is 0 Å². The predicted octanol–water partition coefficient (Wildman–Crippen LogP) is 3.76. The summed E-state index contributed by atoms with van der Waals surface area (Å²) in [5.74, 6) is -0.143. The molecule has 1 fully saturated rings. The molecule has 0 bridgehead atoms. The van der Waals surface area contributed by atoms with Gasteiger partial charge in [0.05, 0.1) is 11.2 Å². The smallest absolute Gasteiger partial charge is 0.458 e. The molecule has 5 nitrogen and oxygen atoms in total. The molecule has 6 heteroatoms. The van der Waals surface area contributed by atoms with Crippen LogP contribution in [0.1, 0.15) is 62.3 Å². The monoisotopic (exact) mass is 375 g/mol. The minimum absolute atomic E-state index is 0.0997. The van der Waals surface area contributed by atoms with Crippen LogP contribution in [-0.4, -0.2) is 35.9 Å². The minimum atomic E-state index is -0.507. The molecule has 1 aromatic carbocycles. The van der Waals surface area contributed by atoms with Crippen LogP contribution in [0.15, 0.2) is 24.3 Å². The largest absolute Gasteiger partial charge is 0.494 e. The van der Waals surface area contributed by atoms with Crippen molar-refractivity contribution in [2.75, 3.05) is 5.32 Å². The summed E-state index contributed by atoms with van der Waals surface area (Å²) in [5.41, 5.74) is 0.576. The van der Waals surface area contributed by atoms with Gasteiger partial charge >= 0.3 is 13.1 Å². The summed E-state index contributed by atoms with van der Waals surface area (Å²) in [5, 5.41) is 3.29. The summed E-state index contributed by atoms with van der Waals surface area (Å²) in [6.45, 7) is 17.8. The summed E-state index contributed by atoms with van der Waals surface area (Å²) in [6.07, 6.45) is 0. The number of ether oxygens (including phenoxy) is 1. The second-order valence-corrected chi connectivity index (χ2v) is 9.61. The topological polar surface area (TPSA) is 56.8 Å². The van der Waals surface area contributed by atoms with Crippen molar-refractivity contribution in [3.8, 4) is 0 Å². The third-order valence-electron chi connectivity index (χ3n) is 5.09. The molecule has 0 spiro atoms. The normalized spacial score (nSPS) is 19.9. The maximum atomic E-state index is 12.5. The Kier molecular flexibility index (Phi) is 6.03. The van der Waals surface area contributed by atoms with E-state index in [1.54, 1.807) is 0 Å². The Balaban J connectivity index is 2.09. The standard InChI is InChI=1S/C21H34BNO4/c1-14(2)17(18(24)25-19(3,4)5)23-16-12-10-15(11-13-16)22-26-20(6,7)21(8,9)27-22/h10-14,17,23H,1-9H3/t17-/m0/s1. The van der Waals surface area contributed by atoms with E-state index in [-0.39, 0.29) is 23.1 Å². The van der Waals surface area contributed by atoms with Gasteiger partial charge in [-0.2, -0.15) is 0 Å². The average Bonchev–Trinajstić information content (AvgIpc) is 2.71. The number of nitrogens with one attached hydrogen (secondary N) is 1. The average molecular weight is 375 g/mol. The first-order valence-corrected chi connectivity index (χ1v) is 9.67. The van der Waals surface area contributed by atoms with Gasteiger partial charge in [-0.1, -0.05) is 26.0 Å². The molecule has 0 aliphatic carbocycles. The fourth-order valence-corrected chi connectivity index (χ4v) is 2.76. The van der Waals surface area contributed by atoms with Gasteiger partial charge in [0.15, 0.2) is 0 Å². The number of esters is 1. The molecule has 0 saturated carbocycles. The molecular weight excluding hydrogens is 341 g/mol. The maximum Gasteiger partial charge on any atom is 0.494 e. The van der Waals surface area contributed by atoms with E-state index in [2.05, 4.69) is 5.32 Å². The molecule has 0 amide bonds. The molecule has 1 aliphatic heterocycles. The van der Waals surface area contributed by atoms with Crippen molar-refractivity contribution in [3.63, 3.8) is 0 Å². The van der Waals surface area contributed by atoms with Crippen molar-refractivity contribution in [2.45, 2.75) is 85.2 Å². The van der Waals surface area contributed by atoms with E-state index in [9.17, 15) is 4.79 Å². The second-order valence-electron chi connectivity index (χ2n) is 9.61. The zero-order chi connectivity index (χ0) is 20.6. The number of hydrogen-bond donors (Lipinski definition) is 1. The lowest BCUT2D eigenvalue weighted by Gasteiger charge is -2.32. The summed E-state index contributed by atoms with van der Waals surface area (Å²) in [6, 6.07) is 7.42. The highest BCUT2D eigenvalue weighted by Gasteiger charge is 2.51. The van der Waals surface area contributed by atoms with Crippen LogP contribution in [0, 0.1) is 5.92 Å². The van der Waals surface area contributed by atoms with E-state index in [4.69, 9.17) is 14.0 Å². The van der Waals surface area contributed by atoms with E-state index in [1.165, 1.54) is 0 Å². The van der Waals surface area contributed by atoms with Gasteiger partial charge in [-0.05, 0) is 72.0 Å². The van der Waals surface area contributed by atoms with Crippen molar-refractivity contribution >= 4 is 24.2 Å². The number of benzene rings is 1. The van der Waals surface area contributed by atoms with E-state index in [0.29, 0.717) is 0 Å². The molecule has 0 unspecified atom stereocenters. The summed E-state index contributed by atoms with van der Waals surface area (Å²) in [4.78, 5) is 12.5. The van der Waals surface area contributed by atoms with Gasteiger partial charge in [0, 0.05) is 5.69 Å². The van der Waals surface area contributed by atoms with Crippen molar-refractivity contribution < 1.29 is 18.8 Å². The number of carbonyl (C=O) groups is 1. The van der Waals surface area contributed by atoms with E-state index in [1.807, 2.05) is 86.6 Å². The van der Waals surface area contributed by atoms with Gasteiger partial charge in [0.2, 0.25) is 0 Å². The quantitative estimate of drug-likeness (QED) is 0.627. The first-order chi connectivity index (χ1) is 12.2. The zero-order valence-corrected chi connectivity index (χ0v) is 18.2. The highest BCUT2D eigenvalue weighted by molar-refractivity contribution is 6.62. The van der Waals surface area contributed by atoms with Crippen LogP contribution in [0.5, 0.6) is 0 Å². The first kappa shape index (κ1) is 21.8. The molecule has 1 atom stereocenters. The summed E-state index contributed by atoms with van der Waals surface area (Å²) in [7, 11) is -0.393. The molecule has 2 rings (SSSR count). The molecule has 0 aromatic heterocycles. The van der Waals surface area contributed by atoms with Crippen LogP contribution < -0.4 is 10.8 Å². The Labute approximate surface area is 164 Å². The van der Waals surface area contributed by atoms with Crippen molar-refractivity contribution in [3.05, 3.63) is 24.3 Å². The van der Waals surface area contributed by atoms with Gasteiger partial charge in [-0.25, -0.2) is 4.79 Å². The van der Waals surface area contributed by atoms with Gasteiger partial charge in [-0.15, -0.1) is 0 Å². The van der Waals surface area contributed by atoms with Crippen LogP contribution >= 0.6 is 0 Å². The van der Waals surface area contributed by atoms with Crippen LogP contribution in [0.4, 0.5) is 5.69 Å². The number of anilines is 1. The Morgan fingerprint density at radius 2 is 1.52 bits per heavy atom. The van der Waals surface area contributed by atoms with Crippen molar-refractivity contribution in [2.24, 2.45) is 5.92 Å². The number of carbonyl (C=O) groups excluding carboxylic acids is 1. The van der Waals surface area contributed by atoms with Crippen LogP contribution in [0.25, 0.3) is 0 Å². The zero-order valence-electron chi connectivity index (χ0n) is 18.2. The lowest BCUT2D eigenvalue weighted by Crippen LogP contribution is -2.41. The highest BCUT2D eigenvalue weighted by atomic mass is 16.7. The molecule has 0 radical (unpaired) electrons. The lowest BCUT2D eigenvalue weighted by atomic mass is 9.79. The summed E-state index contributed by atoms with van der Waals surface area (Å²) >= 11 is 0. The van der Waals surface area contributed by atoms with Crippen LogP contribution in [0.2, 0.25) is 0 Å². The summed E-state index contributed by atoms with van der Waals surface area (Å²) < 4.78 is 17.7. The Morgan fingerprint density at radius 3 is 1.93 bits per heavy atom. The third kappa shape index (κ3) is 5.26. The Hall–Kier alpha value is -1.53. The first-order valence-electron chi connectivity index (χ1n) is 9.67. The molecule has 1 N–H and O–H groups in total. The number of hydrogen-bond acceptors (Lipinski definition) is 5. The van der Waals surface area contributed by atoms with Crippen LogP contribution in [0.3, 0.4) is 0 Å². The highest BCUT2D eigenvalue weighted by Crippen LogP contribution is 2.36. The van der Waals surface area contributed by atoms with Crippen LogP contribution in [-0.2, 0) is 18.8 Å². The fraction of sp³-hybridized carbons (Fsp3) is 0.667. The maximum absolute atomic E-state index is 12.5. The molecule has 1 saturated heterocycles. The molecule has 150 valence electrons. The third-order valence-corrected chi connectivity index (χ3v) is 5.09. The number of rotatable bonds is 5. The molecule has 27 heavy (non-hydrogen) atoms. The molecule has 1 aliphatic rings. The SMILES string of the molecule is CC(C)[C@H](Nc1ccc(B2OC(C)(C)C(C)(C)O2)cc1)C(=O)OC(C)(C)C. The second kappa shape index (κ2) is 7.48. The molecular formula is C21H34BNO4. The van der Waals surface area contributed by atoms with E-state index in [0.717, 1.165) is 11.2 Å². The Morgan fingerprint density at radius 1 is 1.04 bits per heavy atom. The van der Waals surface area contributed by atoms with Gasteiger partial charge in [0.1, 0.15) is 11.6 Å². The minimum Gasteiger partial charge on any atom is -0.458 e. The van der Waals surface area contributed by atoms with E-state index < -0.39 is 18.8 Å². The van der Waals surface area contributed by atoms with Crippen molar-refractivity contribution in [1.82, 2.24) is 0 Å². The molecule has 1 heterocycles. The Bertz CT molecular complexity index is 646.